The zero-order valence-electron chi connectivity index (χ0n) is 28.6. The van der Waals surface area contributed by atoms with Gasteiger partial charge >= 0.3 is 0 Å². The summed E-state index contributed by atoms with van der Waals surface area (Å²) in [5.41, 5.74) is 12.2. The van der Waals surface area contributed by atoms with Gasteiger partial charge in [-0.05, 0) is 85.8 Å². The molecule has 0 aliphatic rings. The van der Waals surface area contributed by atoms with Crippen LogP contribution in [-0.2, 0) is 0 Å². The van der Waals surface area contributed by atoms with Crippen LogP contribution >= 0.6 is 0 Å². The Labute approximate surface area is 305 Å². The van der Waals surface area contributed by atoms with E-state index in [1.54, 1.807) is 0 Å². The number of fused-ring (bicyclic) bond motifs is 10. The van der Waals surface area contributed by atoms with Crippen LogP contribution < -0.4 is 0 Å². The minimum absolute atomic E-state index is 0.850. The number of benzene rings is 9. The van der Waals surface area contributed by atoms with Crippen LogP contribution in [0.15, 0.2) is 187 Å². The molecule has 0 bridgehead atoms. The van der Waals surface area contributed by atoms with E-state index in [2.05, 4.69) is 176 Å². The maximum absolute atomic E-state index is 6.74. The quantitative estimate of drug-likeness (QED) is 0.174. The monoisotopic (exact) mass is 674 g/mol. The number of hydrogen-bond donors (Lipinski definition) is 0. The van der Waals surface area contributed by atoms with Gasteiger partial charge in [-0.1, -0.05) is 140 Å². The Morgan fingerprint density at radius 3 is 1.70 bits per heavy atom. The molecule has 0 saturated heterocycles. The molecule has 0 atom stereocenters. The van der Waals surface area contributed by atoms with Gasteiger partial charge in [0.05, 0.1) is 22.9 Å². The van der Waals surface area contributed by atoms with Crippen LogP contribution in [0.5, 0.6) is 0 Å². The fourth-order valence-electron chi connectivity index (χ4n) is 8.06. The molecule has 0 amide bonds. The average molecular weight is 675 g/mol. The fraction of sp³-hybridized carbons (Fsp3) is 0. The van der Waals surface area contributed by atoms with Crippen LogP contribution in [-0.4, -0.2) is 9.97 Å². The van der Waals surface area contributed by atoms with Crippen LogP contribution in [0, 0.1) is 0 Å². The Morgan fingerprint density at radius 2 is 0.943 bits per heavy atom. The molecule has 3 nitrogen and oxygen atoms in total. The van der Waals surface area contributed by atoms with E-state index in [1.165, 1.54) is 27.1 Å². The normalized spacial score (nSPS) is 11.8. The Balaban J connectivity index is 1.06. The molecule has 53 heavy (non-hydrogen) atoms. The van der Waals surface area contributed by atoms with Gasteiger partial charge in [-0.3, -0.25) is 4.98 Å². The summed E-state index contributed by atoms with van der Waals surface area (Å²) in [6.45, 7) is 0. The molecule has 3 heteroatoms. The SMILES string of the molecule is c1ccc(-c2cc(-c3cccc(-c4cccc(-c5cnc6c7ccccc7c7ccccc7c6n5)c4)c3)c3oc4cc5ccccc5cc4c3c2)cc1. The van der Waals surface area contributed by atoms with E-state index in [-0.39, 0.29) is 0 Å². The first-order valence-corrected chi connectivity index (χ1v) is 18.0. The van der Waals surface area contributed by atoms with Gasteiger partial charge in [-0.25, -0.2) is 4.98 Å². The van der Waals surface area contributed by atoms with Crippen molar-refractivity contribution in [2.24, 2.45) is 0 Å². The van der Waals surface area contributed by atoms with Crippen molar-refractivity contribution in [2.45, 2.75) is 0 Å². The number of furan rings is 1. The molecule has 0 aliphatic carbocycles. The molecule has 2 heterocycles. The molecule has 0 fully saturated rings. The lowest BCUT2D eigenvalue weighted by molar-refractivity contribution is 0.670. The molecule has 0 aliphatic heterocycles. The number of rotatable bonds is 4. The smallest absolute Gasteiger partial charge is 0.143 e. The summed E-state index contributed by atoms with van der Waals surface area (Å²) in [5.74, 6) is 0. The first kappa shape index (κ1) is 29.6. The lowest BCUT2D eigenvalue weighted by Gasteiger charge is -2.12. The van der Waals surface area contributed by atoms with Crippen molar-refractivity contribution in [2.75, 3.05) is 0 Å². The molecule has 0 unspecified atom stereocenters. The molecule has 0 radical (unpaired) electrons. The van der Waals surface area contributed by atoms with E-state index in [0.717, 1.165) is 82.8 Å². The highest BCUT2D eigenvalue weighted by molar-refractivity contribution is 6.23. The van der Waals surface area contributed by atoms with Crippen molar-refractivity contribution in [3.63, 3.8) is 0 Å². The second kappa shape index (κ2) is 11.7. The number of hydrogen-bond acceptors (Lipinski definition) is 3. The lowest BCUT2D eigenvalue weighted by atomic mass is 9.93. The highest BCUT2D eigenvalue weighted by atomic mass is 16.3. The third-order valence-corrected chi connectivity index (χ3v) is 10.6. The minimum atomic E-state index is 0.850. The lowest BCUT2D eigenvalue weighted by Crippen LogP contribution is -1.92. The maximum atomic E-state index is 6.74. The topological polar surface area (TPSA) is 38.9 Å². The van der Waals surface area contributed by atoms with E-state index in [1.807, 2.05) is 6.20 Å². The van der Waals surface area contributed by atoms with Crippen molar-refractivity contribution in [1.29, 1.82) is 0 Å². The second-order valence-corrected chi connectivity index (χ2v) is 13.8. The second-order valence-electron chi connectivity index (χ2n) is 13.8. The molecular weight excluding hydrogens is 645 g/mol. The summed E-state index contributed by atoms with van der Waals surface area (Å²) in [7, 11) is 0. The van der Waals surface area contributed by atoms with Crippen LogP contribution in [0.25, 0.3) is 110 Å². The number of nitrogens with zero attached hydrogens (tertiary/aromatic N) is 2. The minimum Gasteiger partial charge on any atom is -0.455 e. The molecule has 0 spiro atoms. The molecule has 246 valence electrons. The molecule has 2 aromatic heterocycles. The summed E-state index contributed by atoms with van der Waals surface area (Å²) >= 11 is 0. The van der Waals surface area contributed by atoms with E-state index in [9.17, 15) is 0 Å². The van der Waals surface area contributed by atoms with Gasteiger partial charge < -0.3 is 4.42 Å². The van der Waals surface area contributed by atoms with E-state index in [0.29, 0.717) is 0 Å². The zero-order valence-corrected chi connectivity index (χ0v) is 28.6. The average Bonchev–Trinajstić information content (AvgIpc) is 3.60. The Kier molecular flexibility index (Phi) is 6.55. The summed E-state index contributed by atoms with van der Waals surface area (Å²) in [6, 6.07) is 62.4. The third-order valence-electron chi connectivity index (χ3n) is 10.6. The van der Waals surface area contributed by atoms with Crippen molar-refractivity contribution in [3.8, 4) is 44.6 Å². The molecule has 9 aromatic carbocycles. The summed E-state index contributed by atoms with van der Waals surface area (Å²) in [4.78, 5) is 10.3. The number of aromatic nitrogens is 2. The van der Waals surface area contributed by atoms with E-state index in [4.69, 9.17) is 14.4 Å². The van der Waals surface area contributed by atoms with Gasteiger partial charge in [0.1, 0.15) is 11.2 Å². The highest BCUT2D eigenvalue weighted by Crippen LogP contribution is 2.42. The summed E-state index contributed by atoms with van der Waals surface area (Å²) in [5, 5.41) is 9.23. The van der Waals surface area contributed by atoms with Gasteiger partial charge in [0, 0.05) is 32.7 Å². The molecule has 0 saturated carbocycles. The van der Waals surface area contributed by atoms with Gasteiger partial charge in [0.25, 0.3) is 0 Å². The van der Waals surface area contributed by atoms with Crippen molar-refractivity contribution >= 4 is 65.3 Å². The van der Waals surface area contributed by atoms with Crippen LogP contribution in [0.1, 0.15) is 0 Å². The summed E-state index contributed by atoms with van der Waals surface area (Å²) in [6.07, 6.45) is 1.91. The fourth-order valence-corrected chi connectivity index (χ4v) is 8.06. The molecule has 11 aromatic rings. The first-order chi connectivity index (χ1) is 26.2. The standard InChI is InChI=1S/C50H30N2O/c1-2-12-31(13-3-1)38-27-43(50-45(28-38)44-26-34-14-4-5-15-35(34)29-47(44)53-50)36-18-10-16-32(24-36)33-17-11-19-37(25-33)46-30-51-48-41-22-8-6-20-39(41)40-21-7-9-23-42(40)49(48)52-46/h1-30H. The van der Waals surface area contributed by atoms with E-state index < -0.39 is 0 Å². The van der Waals surface area contributed by atoms with Gasteiger partial charge in [0.15, 0.2) is 0 Å². The van der Waals surface area contributed by atoms with Crippen molar-refractivity contribution in [3.05, 3.63) is 182 Å². The van der Waals surface area contributed by atoms with Crippen LogP contribution in [0.3, 0.4) is 0 Å². The summed E-state index contributed by atoms with van der Waals surface area (Å²) < 4.78 is 6.74. The van der Waals surface area contributed by atoms with Crippen molar-refractivity contribution < 1.29 is 4.42 Å². The third kappa shape index (κ3) is 4.82. The Hall–Kier alpha value is -7.10. The molecule has 11 rings (SSSR count). The van der Waals surface area contributed by atoms with Gasteiger partial charge in [-0.2, -0.15) is 0 Å². The van der Waals surface area contributed by atoms with Gasteiger partial charge in [0.2, 0.25) is 0 Å². The largest absolute Gasteiger partial charge is 0.455 e. The van der Waals surface area contributed by atoms with Crippen LogP contribution in [0.2, 0.25) is 0 Å². The van der Waals surface area contributed by atoms with Crippen molar-refractivity contribution in [1.82, 2.24) is 9.97 Å². The predicted octanol–water partition coefficient (Wildman–Crippen LogP) is 13.7. The van der Waals surface area contributed by atoms with Gasteiger partial charge in [-0.15, -0.1) is 0 Å². The first-order valence-electron chi connectivity index (χ1n) is 18.0. The van der Waals surface area contributed by atoms with E-state index >= 15 is 0 Å². The predicted molar refractivity (Wildman–Crippen MR) is 221 cm³/mol. The molecule has 0 N–H and O–H groups in total. The molecular formula is C50H30N2O. The Morgan fingerprint density at radius 1 is 0.358 bits per heavy atom. The maximum Gasteiger partial charge on any atom is 0.143 e. The highest BCUT2D eigenvalue weighted by Gasteiger charge is 2.17. The van der Waals surface area contributed by atoms with Crippen LogP contribution in [0.4, 0.5) is 0 Å². The zero-order chi connectivity index (χ0) is 34.9. The Bertz CT molecular complexity index is 3200.